The standard InChI is InChI=1S/C18H27ClN2O/c19-16-6-4-15(5-7-16)18(22)14-20-12-8-17(9-13-20)21-10-2-1-3-11-21/h4,6-7,15,17H,1-3,5,8-14H2. The van der Waals surface area contributed by atoms with Gasteiger partial charge in [-0.25, -0.2) is 0 Å². The highest BCUT2D eigenvalue weighted by Crippen LogP contribution is 2.23. The highest BCUT2D eigenvalue weighted by atomic mass is 35.5. The van der Waals surface area contributed by atoms with Crippen LogP contribution in [-0.2, 0) is 4.79 Å². The Labute approximate surface area is 139 Å². The zero-order valence-electron chi connectivity index (χ0n) is 13.3. The van der Waals surface area contributed by atoms with Gasteiger partial charge in [-0.1, -0.05) is 30.2 Å². The van der Waals surface area contributed by atoms with Crippen LogP contribution in [0.3, 0.4) is 0 Å². The van der Waals surface area contributed by atoms with Crippen molar-refractivity contribution in [3.63, 3.8) is 0 Å². The summed E-state index contributed by atoms with van der Waals surface area (Å²) in [5, 5.41) is 0.756. The summed E-state index contributed by atoms with van der Waals surface area (Å²) >= 11 is 5.92. The first-order chi connectivity index (χ1) is 10.7. The number of ketones is 1. The van der Waals surface area contributed by atoms with Crippen molar-refractivity contribution in [1.82, 2.24) is 9.80 Å². The lowest BCUT2D eigenvalue weighted by Gasteiger charge is -2.40. The Hall–Kier alpha value is -0.640. The highest BCUT2D eigenvalue weighted by molar-refractivity contribution is 6.31. The molecular formula is C18H27ClN2O. The molecule has 1 unspecified atom stereocenters. The first kappa shape index (κ1) is 16.2. The van der Waals surface area contributed by atoms with Gasteiger partial charge in [-0.05, 0) is 51.3 Å². The van der Waals surface area contributed by atoms with Crippen LogP contribution in [0.2, 0.25) is 0 Å². The van der Waals surface area contributed by atoms with Gasteiger partial charge in [0.05, 0.1) is 6.54 Å². The largest absolute Gasteiger partial charge is 0.300 e. The van der Waals surface area contributed by atoms with E-state index in [9.17, 15) is 4.79 Å². The van der Waals surface area contributed by atoms with Gasteiger partial charge in [0.2, 0.25) is 0 Å². The van der Waals surface area contributed by atoms with Gasteiger partial charge in [0.25, 0.3) is 0 Å². The molecule has 0 aromatic heterocycles. The van der Waals surface area contributed by atoms with Crippen LogP contribution in [0, 0.1) is 5.92 Å². The molecule has 1 atom stereocenters. The van der Waals surface area contributed by atoms with Gasteiger partial charge in [-0.3, -0.25) is 9.69 Å². The predicted octanol–water partition coefficient (Wildman–Crippen LogP) is 3.20. The third-order valence-corrected chi connectivity index (χ3v) is 5.59. The molecule has 2 saturated heterocycles. The molecule has 3 rings (SSSR count). The minimum atomic E-state index is 0.0299. The van der Waals surface area contributed by atoms with Gasteiger partial charge in [-0.15, -0.1) is 0 Å². The first-order valence-electron chi connectivity index (χ1n) is 8.75. The molecule has 3 nitrogen and oxygen atoms in total. The summed E-state index contributed by atoms with van der Waals surface area (Å²) in [6.07, 6.45) is 13.1. The summed E-state index contributed by atoms with van der Waals surface area (Å²) in [4.78, 5) is 17.4. The zero-order valence-corrected chi connectivity index (χ0v) is 14.1. The van der Waals surface area contributed by atoms with Crippen molar-refractivity contribution in [2.75, 3.05) is 32.7 Å². The number of Topliss-reactive ketones (excluding diaryl/α,β-unsaturated/α-hetero) is 1. The number of likely N-dealkylation sites (tertiary alicyclic amines) is 2. The van der Waals surface area contributed by atoms with Crippen LogP contribution >= 0.6 is 11.6 Å². The fourth-order valence-corrected chi connectivity index (χ4v) is 4.06. The lowest BCUT2D eigenvalue weighted by atomic mass is 9.94. The second-order valence-corrected chi connectivity index (χ2v) is 7.30. The van der Waals surface area contributed by atoms with Crippen LogP contribution in [0.4, 0.5) is 0 Å². The second kappa shape index (κ2) is 7.76. The normalized spacial score (nSPS) is 28.6. The number of hydrogen-bond donors (Lipinski definition) is 0. The van der Waals surface area contributed by atoms with E-state index in [0.717, 1.165) is 30.6 Å². The Morgan fingerprint density at radius 2 is 1.86 bits per heavy atom. The molecule has 0 spiro atoms. The van der Waals surface area contributed by atoms with E-state index >= 15 is 0 Å². The van der Waals surface area contributed by atoms with Gasteiger partial charge in [0, 0.05) is 30.1 Å². The Bertz CT molecular complexity index is 446. The predicted molar refractivity (Wildman–Crippen MR) is 91.1 cm³/mol. The van der Waals surface area contributed by atoms with Crippen LogP contribution in [0.25, 0.3) is 0 Å². The lowest BCUT2D eigenvalue weighted by Crippen LogP contribution is -2.48. The molecule has 4 heteroatoms. The smallest absolute Gasteiger partial charge is 0.153 e. The number of hydrogen-bond acceptors (Lipinski definition) is 3. The second-order valence-electron chi connectivity index (χ2n) is 6.86. The number of allylic oxidation sites excluding steroid dienone is 4. The highest BCUT2D eigenvalue weighted by Gasteiger charge is 2.27. The Balaban J connectivity index is 1.42. The number of nitrogens with zero attached hydrogens (tertiary/aromatic N) is 2. The van der Waals surface area contributed by atoms with E-state index in [-0.39, 0.29) is 5.92 Å². The molecule has 2 aliphatic heterocycles. The summed E-state index contributed by atoms with van der Waals surface area (Å²) in [6, 6.07) is 0.753. The number of carbonyl (C=O) groups excluding carboxylic acids is 1. The number of halogens is 1. The average molecular weight is 323 g/mol. The van der Waals surface area contributed by atoms with Crippen LogP contribution < -0.4 is 0 Å². The van der Waals surface area contributed by atoms with E-state index in [1.807, 2.05) is 18.2 Å². The molecule has 2 heterocycles. The van der Waals surface area contributed by atoms with E-state index in [2.05, 4.69) is 9.80 Å². The molecule has 3 aliphatic rings. The summed E-state index contributed by atoms with van der Waals surface area (Å²) in [5.74, 6) is 0.371. The molecular weight excluding hydrogens is 296 g/mol. The summed E-state index contributed by atoms with van der Waals surface area (Å²) in [7, 11) is 0. The van der Waals surface area contributed by atoms with Gasteiger partial charge >= 0.3 is 0 Å². The van der Waals surface area contributed by atoms with Crippen LogP contribution in [0.1, 0.15) is 38.5 Å². The summed E-state index contributed by atoms with van der Waals surface area (Å²) < 4.78 is 0. The van der Waals surface area contributed by atoms with E-state index in [1.165, 1.54) is 45.2 Å². The molecule has 0 radical (unpaired) electrons. The molecule has 1 aliphatic carbocycles. The van der Waals surface area contributed by atoms with Crippen molar-refractivity contribution < 1.29 is 4.79 Å². The maximum atomic E-state index is 12.4. The SMILES string of the molecule is O=C(CN1CCC(N2CCCCC2)CC1)C1C=CC(Cl)=CC1. The maximum absolute atomic E-state index is 12.4. The van der Waals surface area contributed by atoms with E-state index in [1.54, 1.807) is 0 Å². The number of piperidine rings is 2. The lowest BCUT2D eigenvalue weighted by molar-refractivity contribution is -0.123. The topological polar surface area (TPSA) is 23.6 Å². The fraction of sp³-hybridized carbons (Fsp3) is 0.722. The Kier molecular flexibility index (Phi) is 5.72. The quantitative estimate of drug-likeness (QED) is 0.794. The summed E-state index contributed by atoms with van der Waals surface area (Å²) in [6.45, 7) is 5.31. The van der Waals surface area contributed by atoms with Gasteiger partial charge in [0.15, 0.2) is 5.78 Å². The number of carbonyl (C=O) groups is 1. The fourth-order valence-electron chi connectivity index (χ4n) is 3.90. The molecule has 122 valence electrons. The molecule has 22 heavy (non-hydrogen) atoms. The van der Waals surface area contributed by atoms with Gasteiger partial charge in [-0.2, -0.15) is 0 Å². The van der Waals surface area contributed by atoms with E-state index in [0.29, 0.717) is 12.3 Å². The Morgan fingerprint density at radius 3 is 2.50 bits per heavy atom. The minimum absolute atomic E-state index is 0.0299. The third-order valence-electron chi connectivity index (χ3n) is 5.31. The van der Waals surface area contributed by atoms with Crippen molar-refractivity contribution >= 4 is 17.4 Å². The average Bonchev–Trinajstić information content (AvgIpc) is 2.57. The number of rotatable bonds is 4. The monoisotopic (exact) mass is 322 g/mol. The van der Waals surface area contributed by atoms with Gasteiger partial charge in [0.1, 0.15) is 0 Å². The molecule has 0 aromatic carbocycles. The maximum Gasteiger partial charge on any atom is 0.153 e. The van der Waals surface area contributed by atoms with Crippen molar-refractivity contribution in [2.45, 2.75) is 44.6 Å². The molecule has 0 amide bonds. The summed E-state index contributed by atoms with van der Waals surface area (Å²) in [5.41, 5.74) is 0. The van der Waals surface area contributed by atoms with Crippen molar-refractivity contribution in [3.8, 4) is 0 Å². The van der Waals surface area contributed by atoms with Crippen molar-refractivity contribution in [3.05, 3.63) is 23.3 Å². The van der Waals surface area contributed by atoms with Crippen LogP contribution in [0.5, 0.6) is 0 Å². The molecule has 0 N–H and O–H groups in total. The van der Waals surface area contributed by atoms with Gasteiger partial charge < -0.3 is 4.90 Å². The molecule has 2 fully saturated rings. The van der Waals surface area contributed by atoms with E-state index < -0.39 is 0 Å². The first-order valence-corrected chi connectivity index (χ1v) is 9.13. The van der Waals surface area contributed by atoms with Crippen molar-refractivity contribution in [1.29, 1.82) is 0 Å². The zero-order chi connectivity index (χ0) is 15.4. The Morgan fingerprint density at radius 1 is 1.14 bits per heavy atom. The van der Waals surface area contributed by atoms with Crippen LogP contribution in [-0.4, -0.2) is 54.3 Å². The van der Waals surface area contributed by atoms with E-state index in [4.69, 9.17) is 11.6 Å². The molecule has 0 saturated carbocycles. The third kappa shape index (κ3) is 4.21. The minimum Gasteiger partial charge on any atom is -0.300 e. The molecule has 0 bridgehead atoms. The molecule has 0 aromatic rings. The van der Waals surface area contributed by atoms with Crippen molar-refractivity contribution in [2.24, 2.45) is 5.92 Å². The van der Waals surface area contributed by atoms with Crippen LogP contribution in [0.15, 0.2) is 23.3 Å².